The van der Waals surface area contributed by atoms with Crippen LogP contribution in [0.2, 0.25) is 5.02 Å². The quantitative estimate of drug-likeness (QED) is 0.691. The highest BCUT2D eigenvalue weighted by Gasteiger charge is 2.29. The van der Waals surface area contributed by atoms with Crippen molar-refractivity contribution in [2.75, 3.05) is 13.1 Å². The molecule has 2 aliphatic rings. The first-order valence-corrected chi connectivity index (χ1v) is 12.9. The molecule has 4 rings (SSSR count). The lowest BCUT2D eigenvalue weighted by Crippen LogP contribution is -2.36. The van der Waals surface area contributed by atoms with Gasteiger partial charge in [0, 0.05) is 18.7 Å². The number of carbonyl (C=O) groups is 1. The first-order valence-electron chi connectivity index (χ1n) is 11.1. The maximum Gasteiger partial charge on any atom is 0.251 e. The number of nitrogens with one attached hydrogen (secondary N) is 1. The van der Waals surface area contributed by atoms with Crippen molar-refractivity contribution in [1.82, 2.24) is 9.62 Å². The van der Waals surface area contributed by atoms with Gasteiger partial charge in [-0.1, -0.05) is 36.2 Å². The highest BCUT2D eigenvalue weighted by molar-refractivity contribution is 7.89. The van der Waals surface area contributed by atoms with Gasteiger partial charge in [-0.2, -0.15) is 4.31 Å². The Labute approximate surface area is 189 Å². The van der Waals surface area contributed by atoms with Gasteiger partial charge in [-0.25, -0.2) is 8.42 Å². The lowest BCUT2D eigenvalue weighted by Gasteiger charge is -2.26. The second-order valence-corrected chi connectivity index (χ2v) is 10.9. The number of sulfonamides is 1. The van der Waals surface area contributed by atoms with Gasteiger partial charge in [0.2, 0.25) is 10.0 Å². The van der Waals surface area contributed by atoms with E-state index in [9.17, 15) is 13.2 Å². The molecule has 0 aromatic heterocycles. The number of fused-ring (bicyclic) bond motifs is 1. The third-order valence-electron chi connectivity index (χ3n) is 6.35. The minimum absolute atomic E-state index is 0.00477. The number of hydrogen-bond donors (Lipinski definition) is 1. The van der Waals surface area contributed by atoms with E-state index in [-0.39, 0.29) is 21.9 Å². The Morgan fingerprint density at radius 2 is 1.68 bits per heavy atom. The van der Waals surface area contributed by atoms with E-state index in [1.54, 1.807) is 6.07 Å². The number of rotatable bonds is 5. The number of benzene rings is 2. The summed E-state index contributed by atoms with van der Waals surface area (Å²) >= 11 is 6.24. The Bertz CT molecular complexity index is 1080. The van der Waals surface area contributed by atoms with Crippen LogP contribution < -0.4 is 5.32 Å². The number of nitrogens with zero attached hydrogens (tertiary/aromatic N) is 1. The van der Waals surface area contributed by atoms with Gasteiger partial charge in [-0.15, -0.1) is 0 Å². The van der Waals surface area contributed by atoms with Crippen molar-refractivity contribution in [3.63, 3.8) is 0 Å². The van der Waals surface area contributed by atoms with Crippen LogP contribution in [-0.4, -0.2) is 31.7 Å². The van der Waals surface area contributed by atoms with Crippen LogP contribution in [0.3, 0.4) is 0 Å². The average Bonchev–Trinajstić information content (AvgIpc) is 2.79. The van der Waals surface area contributed by atoms with Crippen LogP contribution in [0.5, 0.6) is 0 Å². The Morgan fingerprint density at radius 1 is 0.968 bits per heavy atom. The minimum Gasteiger partial charge on any atom is -0.346 e. The third-order valence-corrected chi connectivity index (χ3v) is 8.73. The Kier molecular flexibility index (Phi) is 6.70. The van der Waals surface area contributed by atoms with E-state index < -0.39 is 10.0 Å². The van der Waals surface area contributed by atoms with Crippen molar-refractivity contribution in [1.29, 1.82) is 0 Å². The van der Waals surface area contributed by atoms with Crippen LogP contribution in [-0.2, 0) is 22.9 Å². The molecule has 2 aromatic rings. The number of piperidine rings is 1. The summed E-state index contributed by atoms with van der Waals surface area (Å²) in [5.41, 5.74) is 4.12. The smallest absolute Gasteiger partial charge is 0.251 e. The third kappa shape index (κ3) is 4.81. The predicted molar refractivity (Wildman–Crippen MR) is 123 cm³/mol. The van der Waals surface area contributed by atoms with Crippen molar-refractivity contribution in [3.8, 4) is 0 Å². The molecule has 166 valence electrons. The fourth-order valence-corrected chi connectivity index (χ4v) is 6.49. The highest BCUT2D eigenvalue weighted by atomic mass is 35.5. The van der Waals surface area contributed by atoms with Gasteiger partial charge in [-0.3, -0.25) is 4.79 Å². The molecule has 31 heavy (non-hydrogen) atoms. The molecule has 1 atom stereocenters. The number of hydrogen-bond acceptors (Lipinski definition) is 3. The molecular formula is C24H29ClN2O3S. The monoisotopic (exact) mass is 460 g/mol. The number of halogens is 1. The van der Waals surface area contributed by atoms with Crippen LogP contribution in [0, 0.1) is 0 Å². The molecule has 0 bridgehead atoms. The zero-order chi connectivity index (χ0) is 22.0. The minimum atomic E-state index is -3.72. The van der Waals surface area contributed by atoms with Gasteiger partial charge in [0.15, 0.2) is 0 Å². The number of amides is 1. The van der Waals surface area contributed by atoms with Crippen molar-refractivity contribution in [3.05, 3.63) is 63.7 Å². The van der Waals surface area contributed by atoms with Crippen LogP contribution in [0.4, 0.5) is 0 Å². The van der Waals surface area contributed by atoms with E-state index >= 15 is 0 Å². The molecular weight excluding hydrogens is 432 g/mol. The first kappa shape index (κ1) is 22.3. The molecule has 1 aliphatic heterocycles. The van der Waals surface area contributed by atoms with Crippen molar-refractivity contribution in [2.24, 2.45) is 0 Å². The molecule has 0 radical (unpaired) electrons. The number of aryl methyl sites for hydroxylation is 2. The second-order valence-electron chi connectivity index (χ2n) is 8.54. The van der Waals surface area contributed by atoms with E-state index in [0.717, 1.165) is 37.7 Å². The summed E-state index contributed by atoms with van der Waals surface area (Å²) in [6.45, 7) is 2.93. The van der Waals surface area contributed by atoms with Gasteiger partial charge in [0.05, 0.1) is 11.1 Å². The zero-order valence-corrected chi connectivity index (χ0v) is 19.4. The molecule has 1 aliphatic carbocycles. The summed E-state index contributed by atoms with van der Waals surface area (Å²) in [7, 11) is -3.72. The average molecular weight is 461 g/mol. The maximum atomic E-state index is 13.1. The van der Waals surface area contributed by atoms with Gasteiger partial charge in [0.1, 0.15) is 4.90 Å². The van der Waals surface area contributed by atoms with E-state index in [1.165, 1.54) is 40.4 Å². The van der Waals surface area contributed by atoms with Gasteiger partial charge in [0.25, 0.3) is 5.91 Å². The van der Waals surface area contributed by atoms with Crippen molar-refractivity contribution >= 4 is 27.5 Å². The van der Waals surface area contributed by atoms with Crippen LogP contribution in [0.15, 0.2) is 41.3 Å². The molecule has 1 saturated heterocycles. The topological polar surface area (TPSA) is 66.5 Å². The largest absolute Gasteiger partial charge is 0.346 e. The molecule has 1 amide bonds. The Hall–Kier alpha value is -1.89. The second kappa shape index (κ2) is 9.31. The van der Waals surface area contributed by atoms with Gasteiger partial charge < -0.3 is 5.32 Å². The molecule has 0 spiro atoms. The SMILES string of the molecule is C[C@H](NC(=O)c1ccc(Cl)c(S(=O)(=O)N2CCCCC2)c1)c1ccc2c(c1)CCCC2. The summed E-state index contributed by atoms with van der Waals surface area (Å²) < 4.78 is 27.6. The lowest BCUT2D eigenvalue weighted by molar-refractivity contribution is 0.0939. The molecule has 2 aromatic carbocycles. The summed E-state index contributed by atoms with van der Waals surface area (Å²) in [4.78, 5) is 12.9. The van der Waals surface area contributed by atoms with Crippen molar-refractivity contribution < 1.29 is 13.2 Å². The highest BCUT2D eigenvalue weighted by Crippen LogP contribution is 2.29. The van der Waals surface area contributed by atoms with E-state index in [4.69, 9.17) is 11.6 Å². The lowest BCUT2D eigenvalue weighted by atomic mass is 9.89. The fraction of sp³-hybridized carbons (Fsp3) is 0.458. The molecule has 1 heterocycles. The maximum absolute atomic E-state index is 13.1. The standard InChI is InChI=1S/C24H29ClN2O3S/c1-17(19-10-9-18-7-3-4-8-20(18)15-19)26-24(28)21-11-12-22(25)23(16-21)31(29,30)27-13-5-2-6-14-27/h9-12,15-17H,2-8,13-14H2,1H3,(H,26,28)/t17-/m0/s1. The Balaban J connectivity index is 1.53. The van der Waals surface area contributed by atoms with Gasteiger partial charge in [-0.05, 0) is 80.3 Å². The van der Waals surface area contributed by atoms with E-state index in [2.05, 4.69) is 23.5 Å². The molecule has 1 fully saturated rings. The van der Waals surface area contributed by atoms with Crippen molar-refractivity contribution in [2.45, 2.75) is 62.8 Å². The van der Waals surface area contributed by atoms with Crippen LogP contribution in [0.25, 0.3) is 0 Å². The molecule has 0 unspecified atom stereocenters. The summed E-state index contributed by atoms with van der Waals surface area (Å²) in [6, 6.07) is 10.7. The number of carbonyl (C=O) groups excluding carboxylic acids is 1. The van der Waals surface area contributed by atoms with E-state index in [0.29, 0.717) is 18.7 Å². The van der Waals surface area contributed by atoms with Gasteiger partial charge >= 0.3 is 0 Å². The van der Waals surface area contributed by atoms with Crippen LogP contribution in [0.1, 0.15) is 72.1 Å². The summed E-state index contributed by atoms with van der Waals surface area (Å²) in [6.07, 6.45) is 7.36. The summed E-state index contributed by atoms with van der Waals surface area (Å²) in [5, 5.41) is 3.15. The zero-order valence-electron chi connectivity index (χ0n) is 17.9. The molecule has 0 saturated carbocycles. The normalized spacial score (nSPS) is 18.3. The summed E-state index contributed by atoms with van der Waals surface area (Å²) in [5.74, 6) is -0.308. The molecule has 7 heteroatoms. The fourth-order valence-electron chi connectivity index (χ4n) is 4.47. The Morgan fingerprint density at radius 3 is 2.42 bits per heavy atom. The van der Waals surface area contributed by atoms with Crippen LogP contribution >= 0.6 is 11.6 Å². The predicted octanol–water partition coefficient (Wildman–Crippen LogP) is 4.88. The van der Waals surface area contributed by atoms with E-state index in [1.807, 2.05) is 6.92 Å². The molecule has 5 nitrogen and oxygen atoms in total. The first-order chi connectivity index (χ1) is 14.9. The molecule has 1 N–H and O–H groups in total.